The third-order valence-electron chi connectivity index (χ3n) is 5.46. The first-order valence-electron chi connectivity index (χ1n) is 10.3. The van der Waals surface area contributed by atoms with Crippen LogP contribution in [0.5, 0.6) is 5.75 Å². The Morgan fingerprint density at radius 2 is 1.86 bits per heavy atom. The lowest BCUT2D eigenvalue weighted by Crippen LogP contribution is -2.43. The van der Waals surface area contributed by atoms with Gasteiger partial charge in [0.2, 0.25) is 0 Å². The number of hydrogen-bond acceptors (Lipinski definition) is 6. The van der Waals surface area contributed by atoms with E-state index in [0.717, 1.165) is 19.3 Å². The molecule has 2 atom stereocenters. The minimum absolute atomic E-state index is 0.00899. The van der Waals surface area contributed by atoms with Gasteiger partial charge < -0.3 is 10.1 Å². The summed E-state index contributed by atoms with van der Waals surface area (Å²) >= 11 is 0. The summed E-state index contributed by atoms with van der Waals surface area (Å²) in [5.41, 5.74) is 1.38. The Labute approximate surface area is 174 Å². The highest BCUT2D eigenvalue weighted by Gasteiger charge is 2.45. The third kappa shape index (κ3) is 5.83. The lowest BCUT2D eigenvalue weighted by Gasteiger charge is -2.21. The number of nitrogens with one attached hydrogen (secondary N) is 1. The van der Waals surface area contributed by atoms with Crippen LogP contribution in [0.3, 0.4) is 0 Å². The fourth-order valence-electron chi connectivity index (χ4n) is 4.02. The van der Waals surface area contributed by atoms with Crippen molar-refractivity contribution in [2.24, 2.45) is 0 Å². The Kier molecular flexibility index (Phi) is 7.06. The average Bonchev–Trinajstić information content (AvgIpc) is 2.98. The molecule has 0 unspecified atom stereocenters. The Hall–Kier alpha value is -1.38. The molecule has 0 amide bonds. The summed E-state index contributed by atoms with van der Waals surface area (Å²) in [5.74, 6) is 0.123. The molecule has 1 aliphatic carbocycles. The van der Waals surface area contributed by atoms with Gasteiger partial charge in [-0.1, -0.05) is 11.6 Å². The molecule has 1 saturated heterocycles. The van der Waals surface area contributed by atoms with Gasteiger partial charge >= 0.3 is 0 Å². The molecule has 8 heteroatoms. The number of ether oxygens (including phenoxy) is 1. The number of benzene rings is 1. The van der Waals surface area contributed by atoms with Crippen molar-refractivity contribution in [1.82, 2.24) is 5.32 Å². The van der Waals surface area contributed by atoms with Crippen molar-refractivity contribution in [3.05, 3.63) is 35.9 Å². The number of sulfone groups is 2. The highest BCUT2D eigenvalue weighted by Crippen LogP contribution is 2.28. The van der Waals surface area contributed by atoms with Gasteiger partial charge in [0, 0.05) is 6.04 Å². The molecule has 0 radical (unpaired) electrons. The Balaban J connectivity index is 1.71. The van der Waals surface area contributed by atoms with Gasteiger partial charge in [-0.15, -0.1) is 0 Å². The van der Waals surface area contributed by atoms with Crippen LogP contribution in [0.15, 0.2) is 40.8 Å². The third-order valence-corrected chi connectivity index (χ3v) is 9.63. The summed E-state index contributed by atoms with van der Waals surface area (Å²) in [4.78, 5) is 0.137. The van der Waals surface area contributed by atoms with Crippen LogP contribution in [0.1, 0.15) is 46.0 Å². The Morgan fingerprint density at radius 1 is 1.14 bits per heavy atom. The molecule has 0 spiro atoms. The fraction of sp³-hybridized carbons (Fsp3) is 0.619. The second-order valence-electron chi connectivity index (χ2n) is 8.22. The monoisotopic (exact) mass is 441 g/mol. The molecule has 1 fully saturated rings. The van der Waals surface area contributed by atoms with Gasteiger partial charge in [0.15, 0.2) is 19.7 Å². The first-order chi connectivity index (χ1) is 13.7. The lowest BCUT2D eigenvalue weighted by atomic mass is 9.97. The van der Waals surface area contributed by atoms with E-state index in [9.17, 15) is 16.8 Å². The van der Waals surface area contributed by atoms with Gasteiger partial charge in [-0.3, -0.25) is 0 Å². The van der Waals surface area contributed by atoms with Gasteiger partial charge in [0.25, 0.3) is 0 Å². The van der Waals surface area contributed by atoms with Crippen molar-refractivity contribution < 1.29 is 21.6 Å². The van der Waals surface area contributed by atoms with Gasteiger partial charge in [0.05, 0.1) is 27.8 Å². The van der Waals surface area contributed by atoms with E-state index in [-0.39, 0.29) is 22.5 Å². The smallest absolute Gasteiger partial charge is 0.183 e. The van der Waals surface area contributed by atoms with E-state index >= 15 is 0 Å². The molecular formula is C21H31NO5S2. The summed E-state index contributed by atoms with van der Waals surface area (Å²) in [5, 5.41) is 2.26. The molecule has 1 N–H and O–H groups in total. The van der Waals surface area contributed by atoms with Crippen molar-refractivity contribution in [3.63, 3.8) is 0 Å². The Bertz CT molecular complexity index is 934. The van der Waals surface area contributed by atoms with Crippen molar-refractivity contribution in [3.8, 4) is 5.75 Å². The minimum Gasteiger partial charge on any atom is -0.491 e. The van der Waals surface area contributed by atoms with Crippen LogP contribution in [0.2, 0.25) is 0 Å². The highest BCUT2D eigenvalue weighted by atomic mass is 32.2. The average molecular weight is 442 g/mol. The largest absolute Gasteiger partial charge is 0.491 e. The normalized spacial score (nSPS) is 24.4. The van der Waals surface area contributed by atoms with E-state index < -0.39 is 31.0 Å². The molecule has 3 rings (SSSR count). The molecule has 0 aromatic heterocycles. The summed E-state index contributed by atoms with van der Waals surface area (Å²) in [6.45, 7) is 4.39. The molecule has 2 aliphatic rings. The maximum Gasteiger partial charge on any atom is 0.183 e. The van der Waals surface area contributed by atoms with E-state index in [4.69, 9.17) is 4.74 Å². The van der Waals surface area contributed by atoms with E-state index in [2.05, 4.69) is 11.4 Å². The van der Waals surface area contributed by atoms with Gasteiger partial charge in [0.1, 0.15) is 5.75 Å². The molecule has 0 saturated carbocycles. The van der Waals surface area contributed by atoms with E-state index in [1.165, 1.54) is 30.5 Å². The topological polar surface area (TPSA) is 89.5 Å². The lowest BCUT2D eigenvalue weighted by molar-refractivity contribution is 0.242. The molecule has 1 heterocycles. The predicted molar refractivity (Wildman–Crippen MR) is 115 cm³/mol. The van der Waals surface area contributed by atoms with E-state index in [1.807, 2.05) is 13.8 Å². The predicted octanol–water partition coefficient (Wildman–Crippen LogP) is 2.89. The molecular weight excluding hydrogens is 410 g/mol. The maximum atomic E-state index is 13.2. The quantitative estimate of drug-likeness (QED) is 0.624. The summed E-state index contributed by atoms with van der Waals surface area (Å²) in [7, 11) is -7.17. The van der Waals surface area contributed by atoms with E-state index in [0.29, 0.717) is 12.3 Å². The number of hydrogen-bond donors (Lipinski definition) is 1. The van der Waals surface area contributed by atoms with Crippen LogP contribution in [0.4, 0.5) is 0 Å². The molecule has 0 bridgehead atoms. The zero-order chi connectivity index (χ0) is 21.1. The fourth-order valence-corrected chi connectivity index (χ4v) is 8.73. The van der Waals surface area contributed by atoms with Crippen molar-refractivity contribution >= 4 is 19.7 Å². The number of allylic oxidation sites excluding steroid dienone is 1. The SMILES string of the molecule is CC(C)Oc1ccc(S(=O)(=O)[C@H]2CS(=O)(=O)C[C@@H]2NCCC2=CCCCC2)cc1. The molecule has 1 aromatic rings. The maximum absolute atomic E-state index is 13.2. The molecule has 162 valence electrons. The van der Waals surface area contributed by atoms with Gasteiger partial charge in [-0.25, -0.2) is 16.8 Å². The zero-order valence-electron chi connectivity index (χ0n) is 17.1. The summed E-state index contributed by atoms with van der Waals surface area (Å²) in [6, 6.07) is 5.66. The van der Waals surface area contributed by atoms with Crippen LogP contribution in [-0.4, -0.2) is 52.3 Å². The van der Waals surface area contributed by atoms with Crippen LogP contribution in [0, 0.1) is 0 Å². The van der Waals surface area contributed by atoms with Crippen molar-refractivity contribution in [2.45, 2.75) is 68.2 Å². The van der Waals surface area contributed by atoms with Crippen LogP contribution < -0.4 is 10.1 Å². The van der Waals surface area contributed by atoms with Crippen molar-refractivity contribution in [1.29, 1.82) is 0 Å². The first kappa shape index (κ1) is 22.3. The second-order valence-corrected chi connectivity index (χ2v) is 12.5. The van der Waals surface area contributed by atoms with Gasteiger partial charge in [-0.2, -0.15) is 0 Å². The van der Waals surface area contributed by atoms with E-state index in [1.54, 1.807) is 12.1 Å². The minimum atomic E-state index is -3.77. The second kappa shape index (κ2) is 9.18. The first-order valence-corrected chi connectivity index (χ1v) is 13.7. The molecule has 6 nitrogen and oxygen atoms in total. The van der Waals surface area contributed by atoms with Crippen LogP contribution >= 0.6 is 0 Å². The van der Waals surface area contributed by atoms with Crippen LogP contribution in [0.25, 0.3) is 0 Å². The highest BCUT2D eigenvalue weighted by molar-refractivity contribution is 7.96. The molecule has 1 aliphatic heterocycles. The number of rotatable bonds is 8. The molecule has 1 aromatic carbocycles. The van der Waals surface area contributed by atoms with Crippen LogP contribution in [-0.2, 0) is 19.7 Å². The van der Waals surface area contributed by atoms with Gasteiger partial charge in [-0.05, 0) is 76.8 Å². The standard InChI is InChI=1S/C21H31NO5S2/c1-16(2)27-18-8-10-19(11-9-18)29(25,26)21-15-28(23,24)14-20(21)22-13-12-17-6-4-3-5-7-17/h6,8-11,16,20-22H,3-5,7,12-15H2,1-2H3/t20-,21-/m0/s1. The summed E-state index contributed by atoms with van der Waals surface area (Å²) in [6.07, 6.45) is 7.68. The summed E-state index contributed by atoms with van der Waals surface area (Å²) < 4.78 is 56.4. The Morgan fingerprint density at radius 3 is 2.48 bits per heavy atom. The zero-order valence-corrected chi connectivity index (χ0v) is 18.8. The molecule has 29 heavy (non-hydrogen) atoms. The van der Waals surface area contributed by atoms with Crippen molar-refractivity contribution in [2.75, 3.05) is 18.1 Å².